The summed E-state index contributed by atoms with van der Waals surface area (Å²) in [7, 11) is 0. The minimum atomic E-state index is 0.270. The van der Waals surface area contributed by atoms with Crippen LogP contribution < -0.4 is 5.32 Å². The summed E-state index contributed by atoms with van der Waals surface area (Å²) < 4.78 is 0. The first-order valence-electron chi connectivity index (χ1n) is 5.68. The molecule has 3 heteroatoms. The molecule has 0 radical (unpaired) electrons. The topological polar surface area (TPSA) is 32.3 Å². The Morgan fingerprint density at radius 2 is 2.29 bits per heavy atom. The lowest BCUT2D eigenvalue weighted by Crippen LogP contribution is -2.35. The standard InChI is InChI=1S/C11H22N2O/c1-10(2)5-3-7-13-8-4-6-12-9-11(13)14/h10,12H,3-9H2,1-2H3. The van der Waals surface area contributed by atoms with Crippen LogP contribution in [0.5, 0.6) is 0 Å². The van der Waals surface area contributed by atoms with Crippen molar-refractivity contribution in [3.63, 3.8) is 0 Å². The van der Waals surface area contributed by atoms with Crippen LogP contribution in [-0.4, -0.2) is 37.0 Å². The molecule has 1 aliphatic rings. The summed E-state index contributed by atoms with van der Waals surface area (Å²) in [6.07, 6.45) is 3.45. The summed E-state index contributed by atoms with van der Waals surface area (Å²) in [5.74, 6) is 1.02. The maximum atomic E-state index is 11.6. The zero-order chi connectivity index (χ0) is 10.4. The smallest absolute Gasteiger partial charge is 0.236 e. The number of nitrogens with zero attached hydrogens (tertiary/aromatic N) is 1. The lowest BCUT2D eigenvalue weighted by molar-refractivity contribution is -0.129. The molecule has 1 aliphatic heterocycles. The van der Waals surface area contributed by atoms with Gasteiger partial charge in [0.1, 0.15) is 0 Å². The minimum absolute atomic E-state index is 0.270. The van der Waals surface area contributed by atoms with Crippen LogP contribution >= 0.6 is 0 Å². The van der Waals surface area contributed by atoms with Gasteiger partial charge in [0.2, 0.25) is 5.91 Å². The zero-order valence-electron chi connectivity index (χ0n) is 9.38. The van der Waals surface area contributed by atoms with Crippen molar-refractivity contribution in [1.82, 2.24) is 10.2 Å². The predicted octanol–water partition coefficient (Wildman–Crippen LogP) is 1.24. The molecule has 1 N–H and O–H groups in total. The van der Waals surface area contributed by atoms with Crippen molar-refractivity contribution in [1.29, 1.82) is 0 Å². The first kappa shape index (κ1) is 11.5. The molecule has 0 aliphatic carbocycles. The molecule has 0 aromatic heterocycles. The van der Waals surface area contributed by atoms with E-state index in [0.717, 1.165) is 38.4 Å². The number of hydrogen-bond acceptors (Lipinski definition) is 2. The van der Waals surface area contributed by atoms with Crippen molar-refractivity contribution >= 4 is 5.91 Å². The third-order valence-electron chi connectivity index (χ3n) is 2.62. The fraction of sp³-hybridized carbons (Fsp3) is 0.909. The molecule has 0 spiro atoms. The molecule has 0 unspecified atom stereocenters. The van der Waals surface area contributed by atoms with Gasteiger partial charge in [0.25, 0.3) is 0 Å². The summed E-state index contributed by atoms with van der Waals surface area (Å²) in [6.45, 7) is 7.84. The fourth-order valence-corrected chi connectivity index (χ4v) is 1.75. The van der Waals surface area contributed by atoms with E-state index in [1.165, 1.54) is 6.42 Å². The average Bonchev–Trinajstić information content (AvgIpc) is 2.31. The highest BCUT2D eigenvalue weighted by atomic mass is 16.2. The normalized spacial score (nSPS) is 18.8. The van der Waals surface area contributed by atoms with Crippen LogP contribution in [0.4, 0.5) is 0 Å². The van der Waals surface area contributed by atoms with Crippen molar-refractivity contribution in [2.75, 3.05) is 26.2 Å². The molecular formula is C11H22N2O. The average molecular weight is 198 g/mol. The van der Waals surface area contributed by atoms with Crippen molar-refractivity contribution in [2.45, 2.75) is 33.1 Å². The first-order chi connectivity index (χ1) is 6.70. The van der Waals surface area contributed by atoms with Crippen LogP contribution in [0.15, 0.2) is 0 Å². The second-order valence-corrected chi connectivity index (χ2v) is 4.45. The SMILES string of the molecule is CC(C)CCCN1CCCNCC1=O. The van der Waals surface area contributed by atoms with Gasteiger partial charge in [0.05, 0.1) is 6.54 Å². The molecule has 1 rings (SSSR count). The molecule has 0 atom stereocenters. The van der Waals surface area contributed by atoms with E-state index in [-0.39, 0.29) is 5.91 Å². The summed E-state index contributed by atoms with van der Waals surface area (Å²) in [5.41, 5.74) is 0. The second-order valence-electron chi connectivity index (χ2n) is 4.45. The van der Waals surface area contributed by atoms with E-state index in [4.69, 9.17) is 0 Å². The highest BCUT2D eigenvalue weighted by Gasteiger charge is 2.15. The lowest BCUT2D eigenvalue weighted by Gasteiger charge is -2.20. The van der Waals surface area contributed by atoms with Gasteiger partial charge in [-0.25, -0.2) is 0 Å². The van der Waals surface area contributed by atoms with Gasteiger partial charge in [-0.15, -0.1) is 0 Å². The van der Waals surface area contributed by atoms with Crippen molar-refractivity contribution in [3.05, 3.63) is 0 Å². The van der Waals surface area contributed by atoms with Crippen LogP contribution in [0, 0.1) is 5.92 Å². The monoisotopic (exact) mass is 198 g/mol. The molecule has 0 saturated carbocycles. The Balaban J connectivity index is 2.23. The Labute approximate surface area is 86.9 Å². The van der Waals surface area contributed by atoms with E-state index in [1.807, 2.05) is 4.90 Å². The third-order valence-corrected chi connectivity index (χ3v) is 2.62. The largest absolute Gasteiger partial charge is 0.342 e. The van der Waals surface area contributed by atoms with Gasteiger partial charge < -0.3 is 10.2 Å². The number of nitrogens with one attached hydrogen (secondary N) is 1. The van der Waals surface area contributed by atoms with Crippen LogP contribution in [0.1, 0.15) is 33.1 Å². The van der Waals surface area contributed by atoms with Gasteiger partial charge in [-0.05, 0) is 31.7 Å². The van der Waals surface area contributed by atoms with E-state index in [0.29, 0.717) is 6.54 Å². The Hall–Kier alpha value is -0.570. The van der Waals surface area contributed by atoms with E-state index in [2.05, 4.69) is 19.2 Å². The molecule has 1 amide bonds. The number of hydrogen-bond donors (Lipinski definition) is 1. The van der Waals surface area contributed by atoms with Crippen LogP contribution in [-0.2, 0) is 4.79 Å². The maximum absolute atomic E-state index is 11.6. The fourth-order valence-electron chi connectivity index (χ4n) is 1.75. The highest BCUT2D eigenvalue weighted by molar-refractivity contribution is 5.78. The van der Waals surface area contributed by atoms with Gasteiger partial charge in [0, 0.05) is 13.1 Å². The Bertz CT molecular complexity index is 180. The minimum Gasteiger partial charge on any atom is -0.342 e. The number of carbonyl (C=O) groups excluding carboxylic acids is 1. The lowest BCUT2D eigenvalue weighted by atomic mass is 10.1. The van der Waals surface area contributed by atoms with Gasteiger partial charge in [-0.2, -0.15) is 0 Å². The second kappa shape index (κ2) is 6.02. The molecule has 1 saturated heterocycles. The Morgan fingerprint density at radius 1 is 1.50 bits per heavy atom. The maximum Gasteiger partial charge on any atom is 0.236 e. The van der Waals surface area contributed by atoms with Crippen molar-refractivity contribution in [3.8, 4) is 0 Å². The summed E-state index contributed by atoms with van der Waals surface area (Å²) in [4.78, 5) is 13.6. The molecule has 3 nitrogen and oxygen atoms in total. The molecule has 82 valence electrons. The number of carbonyl (C=O) groups is 1. The third kappa shape index (κ3) is 4.09. The van der Waals surface area contributed by atoms with Crippen LogP contribution in [0.2, 0.25) is 0 Å². The van der Waals surface area contributed by atoms with Gasteiger partial charge in [0.15, 0.2) is 0 Å². The molecule has 0 bridgehead atoms. The van der Waals surface area contributed by atoms with Gasteiger partial charge in [-0.3, -0.25) is 4.79 Å². The van der Waals surface area contributed by atoms with Crippen LogP contribution in [0.25, 0.3) is 0 Å². The van der Waals surface area contributed by atoms with E-state index in [9.17, 15) is 4.79 Å². The van der Waals surface area contributed by atoms with Crippen LogP contribution in [0.3, 0.4) is 0 Å². The van der Waals surface area contributed by atoms with Crippen molar-refractivity contribution < 1.29 is 4.79 Å². The molecule has 0 aromatic carbocycles. The number of rotatable bonds is 4. The van der Waals surface area contributed by atoms with Crippen molar-refractivity contribution in [2.24, 2.45) is 5.92 Å². The van der Waals surface area contributed by atoms with Gasteiger partial charge >= 0.3 is 0 Å². The van der Waals surface area contributed by atoms with E-state index >= 15 is 0 Å². The Kier molecular flexibility index (Phi) is 4.94. The quantitative estimate of drug-likeness (QED) is 0.737. The number of amides is 1. The van der Waals surface area contributed by atoms with E-state index < -0.39 is 0 Å². The van der Waals surface area contributed by atoms with Gasteiger partial charge in [-0.1, -0.05) is 13.8 Å². The summed E-state index contributed by atoms with van der Waals surface area (Å²) >= 11 is 0. The molecule has 1 heterocycles. The van der Waals surface area contributed by atoms with E-state index in [1.54, 1.807) is 0 Å². The molecular weight excluding hydrogens is 176 g/mol. The Morgan fingerprint density at radius 3 is 3.00 bits per heavy atom. The summed E-state index contributed by atoms with van der Waals surface area (Å²) in [5, 5.41) is 3.13. The molecule has 1 fully saturated rings. The zero-order valence-corrected chi connectivity index (χ0v) is 9.38. The summed E-state index contributed by atoms with van der Waals surface area (Å²) in [6, 6.07) is 0. The highest BCUT2D eigenvalue weighted by Crippen LogP contribution is 2.06. The molecule has 14 heavy (non-hydrogen) atoms. The first-order valence-corrected chi connectivity index (χ1v) is 5.68. The molecule has 0 aromatic rings. The predicted molar refractivity (Wildman–Crippen MR) is 58.1 cm³/mol.